The van der Waals surface area contributed by atoms with Crippen LogP contribution in [-0.4, -0.2) is 15.0 Å². The first-order valence-corrected chi connectivity index (χ1v) is 19.3. The first-order valence-electron chi connectivity index (χ1n) is 18.5. The van der Waals surface area contributed by atoms with Crippen molar-refractivity contribution < 1.29 is 0 Å². The third kappa shape index (κ3) is 5.30. The van der Waals surface area contributed by atoms with Gasteiger partial charge in [0.15, 0.2) is 17.5 Å². The van der Waals surface area contributed by atoms with Crippen LogP contribution < -0.4 is 0 Å². The molecular formula is C51H31N3S. The van der Waals surface area contributed by atoms with Gasteiger partial charge in [0.05, 0.1) is 0 Å². The van der Waals surface area contributed by atoms with E-state index in [2.05, 4.69) is 152 Å². The van der Waals surface area contributed by atoms with Crippen molar-refractivity contribution in [3.63, 3.8) is 0 Å². The molecule has 0 radical (unpaired) electrons. The fourth-order valence-corrected chi connectivity index (χ4v) is 9.35. The Labute approximate surface area is 321 Å². The van der Waals surface area contributed by atoms with E-state index in [9.17, 15) is 0 Å². The third-order valence-electron chi connectivity index (χ3n) is 10.7. The number of fused-ring (bicyclic) bond motifs is 9. The average Bonchev–Trinajstić information content (AvgIpc) is 3.65. The zero-order valence-electron chi connectivity index (χ0n) is 29.6. The maximum atomic E-state index is 5.22. The number of aromatic nitrogens is 3. The molecule has 0 bridgehead atoms. The Morgan fingerprint density at radius 3 is 1.36 bits per heavy atom. The van der Waals surface area contributed by atoms with Gasteiger partial charge in [-0.1, -0.05) is 164 Å². The number of rotatable bonds is 5. The van der Waals surface area contributed by atoms with Crippen LogP contribution in [0.25, 0.3) is 109 Å². The van der Waals surface area contributed by atoms with E-state index in [1.54, 1.807) is 0 Å². The molecule has 0 aliphatic carbocycles. The number of hydrogen-bond donors (Lipinski definition) is 0. The van der Waals surface area contributed by atoms with Crippen LogP contribution in [0.4, 0.5) is 0 Å². The predicted molar refractivity (Wildman–Crippen MR) is 232 cm³/mol. The maximum Gasteiger partial charge on any atom is 0.164 e. The molecule has 0 N–H and O–H groups in total. The maximum absolute atomic E-state index is 5.22. The molecule has 0 aliphatic rings. The molecule has 0 saturated heterocycles. The monoisotopic (exact) mass is 717 g/mol. The van der Waals surface area contributed by atoms with Crippen LogP contribution in [0.1, 0.15) is 0 Å². The molecule has 2 aromatic heterocycles. The summed E-state index contributed by atoms with van der Waals surface area (Å²) in [6, 6.07) is 67.0. The van der Waals surface area contributed by atoms with Gasteiger partial charge < -0.3 is 0 Å². The smallest absolute Gasteiger partial charge is 0.164 e. The van der Waals surface area contributed by atoms with Gasteiger partial charge in [-0.3, -0.25) is 0 Å². The topological polar surface area (TPSA) is 38.7 Å². The van der Waals surface area contributed by atoms with E-state index in [1.165, 1.54) is 58.2 Å². The van der Waals surface area contributed by atoms with Crippen molar-refractivity contribution in [2.45, 2.75) is 0 Å². The molecule has 256 valence electrons. The fraction of sp³-hybridized carbons (Fsp3) is 0. The molecule has 2 heterocycles. The normalized spacial score (nSPS) is 11.6. The van der Waals surface area contributed by atoms with E-state index in [0.29, 0.717) is 17.5 Å². The lowest BCUT2D eigenvalue weighted by molar-refractivity contribution is 1.08. The molecular weight excluding hydrogens is 687 g/mol. The number of nitrogens with zero attached hydrogens (tertiary/aromatic N) is 3. The van der Waals surface area contributed by atoms with Gasteiger partial charge in [0.25, 0.3) is 0 Å². The minimum Gasteiger partial charge on any atom is -0.208 e. The second-order valence-corrected chi connectivity index (χ2v) is 15.0. The molecule has 55 heavy (non-hydrogen) atoms. The summed E-state index contributed by atoms with van der Waals surface area (Å²) in [4.78, 5) is 15.5. The van der Waals surface area contributed by atoms with E-state index >= 15 is 0 Å². The number of benzene rings is 9. The van der Waals surface area contributed by atoms with Crippen molar-refractivity contribution in [3.05, 3.63) is 188 Å². The second-order valence-electron chi connectivity index (χ2n) is 13.9. The first kappa shape index (κ1) is 31.5. The largest absolute Gasteiger partial charge is 0.208 e. The van der Waals surface area contributed by atoms with E-state index in [-0.39, 0.29) is 0 Å². The van der Waals surface area contributed by atoms with Gasteiger partial charge in [0.1, 0.15) is 0 Å². The van der Waals surface area contributed by atoms with Gasteiger partial charge >= 0.3 is 0 Å². The third-order valence-corrected chi connectivity index (χ3v) is 11.8. The zero-order chi connectivity index (χ0) is 36.3. The Kier molecular flexibility index (Phi) is 7.35. The summed E-state index contributed by atoms with van der Waals surface area (Å²) < 4.78 is 2.43. The lowest BCUT2D eigenvalue weighted by Crippen LogP contribution is -2.00. The van der Waals surface area contributed by atoms with E-state index in [0.717, 1.165) is 33.2 Å². The molecule has 0 amide bonds. The van der Waals surface area contributed by atoms with Crippen molar-refractivity contribution >= 4 is 63.8 Å². The molecule has 9 aromatic carbocycles. The van der Waals surface area contributed by atoms with Crippen molar-refractivity contribution in [3.8, 4) is 56.4 Å². The van der Waals surface area contributed by atoms with E-state index in [1.807, 2.05) is 47.7 Å². The van der Waals surface area contributed by atoms with Crippen LogP contribution >= 0.6 is 11.3 Å². The number of hydrogen-bond acceptors (Lipinski definition) is 4. The molecule has 4 heteroatoms. The highest BCUT2D eigenvalue weighted by atomic mass is 32.1. The molecule has 0 spiro atoms. The molecule has 0 fully saturated rings. The molecule has 0 atom stereocenters. The Hall–Kier alpha value is -7.01. The van der Waals surface area contributed by atoms with Gasteiger partial charge in [-0.25, -0.2) is 15.0 Å². The van der Waals surface area contributed by atoms with E-state index < -0.39 is 0 Å². The fourth-order valence-electron chi connectivity index (χ4n) is 8.18. The Bertz CT molecular complexity index is 3170. The zero-order valence-corrected chi connectivity index (χ0v) is 30.5. The molecule has 0 aliphatic heterocycles. The van der Waals surface area contributed by atoms with Crippen LogP contribution in [0, 0.1) is 0 Å². The Morgan fingerprint density at radius 1 is 0.273 bits per heavy atom. The quantitative estimate of drug-likeness (QED) is 0.166. The van der Waals surface area contributed by atoms with Crippen LogP contribution in [0.5, 0.6) is 0 Å². The van der Waals surface area contributed by atoms with Gasteiger partial charge in [0, 0.05) is 36.9 Å². The SMILES string of the molecule is c1ccc(-c2nc(-c3ccccc3)nc(-c3cc(-c4ccccc4-c4ccc5c6ccccc6c6ccccc6c5c4)cc4sc5ccccc5c34)n2)cc1. The lowest BCUT2D eigenvalue weighted by Gasteiger charge is -2.15. The van der Waals surface area contributed by atoms with Crippen molar-refractivity contribution in [1.29, 1.82) is 0 Å². The van der Waals surface area contributed by atoms with Crippen LogP contribution in [-0.2, 0) is 0 Å². The second kappa shape index (κ2) is 12.8. The molecule has 11 aromatic rings. The Balaban J connectivity index is 1.16. The molecule has 3 nitrogen and oxygen atoms in total. The Morgan fingerprint density at radius 2 is 0.745 bits per heavy atom. The molecule has 0 saturated carbocycles. The summed E-state index contributed by atoms with van der Waals surface area (Å²) in [7, 11) is 0. The van der Waals surface area contributed by atoms with Gasteiger partial charge in [-0.2, -0.15) is 0 Å². The summed E-state index contributed by atoms with van der Waals surface area (Å²) in [5, 5.41) is 9.99. The minimum atomic E-state index is 0.652. The lowest BCUT2D eigenvalue weighted by atomic mass is 9.89. The van der Waals surface area contributed by atoms with Crippen molar-refractivity contribution in [2.75, 3.05) is 0 Å². The van der Waals surface area contributed by atoms with Gasteiger partial charge in [-0.05, 0) is 78.8 Å². The van der Waals surface area contributed by atoms with Crippen molar-refractivity contribution in [1.82, 2.24) is 15.0 Å². The molecule has 11 rings (SSSR count). The summed E-state index contributed by atoms with van der Waals surface area (Å²) in [5.74, 6) is 1.96. The first-order chi connectivity index (χ1) is 27.3. The average molecular weight is 718 g/mol. The summed E-state index contributed by atoms with van der Waals surface area (Å²) in [6.45, 7) is 0. The highest BCUT2D eigenvalue weighted by Gasteiger charge is 2.20. The van der Waals surface area contributed by atoms with Crippen LogP contribution in [0.3, 0.4) is 0 Å². The minimum absolute atomic E-state index is 0.652. The highest BCUT2D eigenvalue weighted by Crippen LogP contribution is 2.45. The summed E-state index contributed by atoms with van der Waals surface area (Å²) >= 11 is 1.82. The van der Waals surface area contributed by atoms with E-state index in [4.69, 9.17) is 15.0 Å². The van der Waals surface area contributed by atoms with Gasteiger partial charge in [0.2, 0.25) is 0 Å². The highest BCUT2D eigenvalue weighted by molar-refractivity contribution is 7.26. The van der Waals surface area contributed by atoms with Crippen LogP contribution in [0.15, 0.2) is 188 Å². The summed E-state index contributed by atoms with van der Waals surface area (Å²) in [5.41, 5.74) is 7.54. The standard InChI is InChI=1S/C51H31N3S/c1-3-15-32(16-4-1)49-52-50(33-17-5-2-6-18-33)54-51(53-49)45-30-35(31-47-48(45)43-25-13-14-26-46(43)55-47)37-20-8-7-19-36(37)34-27-28-42-40-23-10-9-21-38(40)39-22-11-12-24-41(39)44(42)29-34/h1-31H. The van der Waals surface area contributed by atoms with Crippen molar-refractivity contribution in [2.24, 2.45) is 0 Å². The summed E-state index contributed by atoms with van der Waals surface area (Å²) in [6.07, 6.45) is 0. The van der Waals surface area contributed by atoms with Crippen LogP contribution in [0.2, 0.25) is 0 Å². The molecule has 0 unspecified atom stereocenters. The van der Waals surface area contributed by atoms with Gasteiger partial charge in [-0.15, -0.1) is 11.3 Å². The number of thiophene rings is 1. The predicted octanol–water partition coefficient (Wildman–Crippen LogP) is 14.0.